The lowest BCUT2D eigenvalue weighted by atomic mass is 10.2. The molecule has 1 atom stereocenters. The fraction of sp³-hybridized carbons (Fsp3) is 0.750. The van der Waals surface area contributed by atoms with Crippen LogP contribution < -0.4 is 0 Å². The van der Waals surface area contributed by atoms with Crippen molar-refractivity contribution in [2.24, 2.45) is 0 Å². The molecule has 0 amide bonds. The lowest BCUT2D eigenvalue weighted by Gasteiger charge is -2.27. The van der Waals surface area contributed by atoms with Crippen LogP contribution in [0.15, 0.2) is 25.3 Å². The molecule has 1 aliphatic heterocycles. The van der Waals surface area contributed by atoms with Gasteiger partial charge in [-0.15, -0.1) is 13.2 Å². The molecule has 1 fully saturated rings. The molecule has 0 aliphatic carbocycles. The maximum absolute atomic E-state index is 5.93. The van der Waals surface area contributed by atoms with Gasteiger partial charge in [-0.05, 0) is 32.1 Å². The van der Waals surface area contributed by atoms with Crippen LogP contribution in [0, 0.1) is 0 Å². The first-order chi connectivity index (χ1) is 9.86. The summed E-state index contributed by atoms with van der Waals surface area (Å²) in [7, 11) is 0. The zero-order valence-electron chi connectivity index (χ0n) is 12.4. The summed E-state index contributed by atoms with van der Waals surface area (Å²) in [6.07, 6.45) is 8.44. The molecule has 1 rings (SSSR count). The summed E-state index contributed by atoms with van der Waals surface area (Å²) < 4.78 is 22.7. The van der Waals surface area contributed by atoms with E-state index in [0.29, 0.717) is 26.4 Å². The van der Waals surface area contributed by atoms with Crippen LogP contribution in [0.2, 0.25) is 0 Å². The third kappa shape index (κ3) is 8.48. The van der Waals surface area contributed by atoms with Gasteiger partial charge in [0.25, 0.3) is 0 Å². The Bertz CT molecular complexity index is 233. The van der Waals surface area contributed by atoms with Gasteiger partial charge in [0, 0.05) is 6.61 Å². The van der Waals surface area contributed by atoms with Gasteiger partial charge in [0.2, 0.25) is 0 Å². The van der Waals surface area contributed by atoms with E-state index in [0.717, 1.165) is 38.7 Å². The fourth-order valence-corrected chi connectivity index (χ4v) is 1.92. The fourth-order valence-electron chi connectivity index (χ4n) is 1.92. The molecule has 0 spiro atoms. The van der Waals surface area contributed by atoms with Gasteiger partial charge < -0.3 is 18.9 Å². The summed E-state index contributed by atoms with van der Waals surface area (Å²) >= 11 is 0. The van der Waals surface area contributed by atoms with Crippen molar-refractivity contribution >= 4 is 0 Å². The van der Waals surface area contributed by atoms with Crippen LogP contribution in [0.1, 0.15) is 32.1 Å². The molecular weight excluding hydrogens is 256 g/mol. The molecular formula is C16H28O4. The topological polar surface area (TPSA) is 36.9 Å². The molecule has 116 valence electrons. The summed E-state index contributed by atoms with van der Waals surface area (Å²) in [5.74, 6) is 0. The summed E-state index contributed by atoms with van der Waals surface area (Å²) in [6, 6.07) is 0. The van der Waals surface area contributed by atoms with Crippen molar-refractivity contribution in [1.82, 2.24) is 0 Å². The molecule has 0 N–H and O–H groups in total. The smallest absolute Gasteiger partial charge is 0.158 e. The molecule has 0 aromatic carbocycles. The van der Waals surface area contributed by atoms with Crippen molar-refractivity contribution in [2.75, 3.05) is 33.0 Å². The van der Waals surface area contributed by atoms with E-state index >= 15 is 0 Å². The highest BCUT2D eigenvalue weighted by atomic mass is 16.7. The number of hydrogen-bond acceptors (Lipinski definition) is 4. The van der Waals surface area contributed by atoms with Crippen molar-refractivity contribution in [3.8, 4) is 0 Å². The Labute approximate surface area is 122 Å². The number of rotatable bonds is 12. The molecule has 0 aromatic heterocycles. The Morgan fingerprint density at radius 2 is 1.70 bits per heavy atom. The van der Waals surface area contributed by atoms with E-state index in [2.05, 4.69) is 13.2 Å². The van der Waals surface area contributed by atoms with E-state index in [-0.39, 0.29) is 12.4 Å². The van der Waals surface area contributed by atoms with Gasteiger partial charge in [0.1, 0.15) is 6.10 Å². The molecule has 4 nitrogen and oxygen atoms in total. The minimum absolute atomic E-state index is 0.0762. The van der Waals surface area contributed by atoms with E-state index in [1.165, 1.54) is 0 Å². The average Bonchev–Trinajstić information content (AvgIpc) is 2.49. The van der Waals surface area contributed by atoms with Crippen LogP contribution in [-0.2, 0) is 18.9 Å². The van der Waals surface area contributed by atoms with Crippen molar-refractivity contribution in [2.45, 2.75) is 44.5 Å². The number of ether oxygens (including phenoxy) is 4. The average molecular weight is 284 g/mol. The molecule has 1 heterocycles. The highest BCUT2D eigenvalue weighted by Crippen LogP contribution is 2.16. The number of hydrogen-bond donors (Lipinski definition) is 0. The second-order valence-electron chi connectivity index (χ2n) is 4.86. The van der Waals surface area contributed by atoms with Crippen LogP contribution in [-0.4, -0.2) is 45.4 Å². The standard InChI is InChI=1S/C16H28O4/c1-3-5-10-17-13-15(14-18-11-6-4-2)20-16-9-7-8-12-19-16/h3-4,15-16H,1-2,5-14H2. The van der Waals surface area contributed by atoms with Crippen LogP contribution in [0.3, 0.4) is 0 Å². The van der Waals surface area contributed by atoms with E-state index in [1.807, 2.05) is 12.2 Å². The Hall–Kier alpha value is -0.680. The predicted molar refractivity (Wildman–Crippen MR) is 79.7 cm³/mol. The van der Waals surface area contributed by atoms with Gasteiger partial charge in [-0.25, -0.2) is 0 Å². The molecule has 1 unspecified atom stereocenters. The van der Waals surface area contributed by atoms with Crippen LogP contribution in [0.4, 0.5) is 0 Å². The molecule has 4 heteroatoms. The molecule has 0 bridgehead atoms. The molecule has 0 saturated carbocycles. The van der Waals surface area contributed by atoms with E-state index in [1.54, 1.807) is 0 Å². The Kier molecular flexibility index (Phi) is 10.5. The third-order valence-corrected chi connectivity index (χ3v) is 3.02. The first kappa shape index (κ1) is 17.4. The lowest BCUT2D eigenvalue weighted by Crippen LogP contribution is -2.34. The van der Waals surface area contributed by atoms with Crippen molar-refractivity contribution in [3.63, 3.8) is 0 Å². The van der Waals surface area contributed by atoms with Gasteiger partial charge in [-0.3, -0.25) is 0 Å². The SMILES string of the molecule is C=CCCOCC(COCCC=C)OC1CCCCO1. The quantitative estimate of drug-likeness (QED) is 0.408. The second-order valence-corrected chi connectivity index (χ2v) is 4.86. The first-order valence-electron chi connectivity index (χ1n) is 7.51. The van der Waals surface area contributed by atoms with Crippen molar-refractivity contribution in [1.29, 1.82) is 0 Å². The predicted octanol–water partition coefficient (Wildman–Crippen LogP) is 3.08. The first-order valence-corrected chi connectivity index (χ1v) is 7.51. The van der Waals surface area contributed by atoms with Gasteiger partial charge in [0.15, 0.2) is 6.29 Å². The Balaban J connectivity index is 2.24. The van der Waals surface area contributed by atoms with Gasteiger partial charge in [-0.1, -0.05) is 12.2 Å². The van der Waals surface area contributed by atoms with Gasteiger partial charge in [-0.2, -0.15) is 0 Å². The normalized spacial score (nSPS) is 19.1. The van der Waals surface area contributed by atoms with Crippen LogP contribution in [0.5, 0.6) is 0 Å². The molecule has 1 saturated heterocycles. The Morgan fingerprint density at radius 3 is 2.20 bits per heavy atom. The van der Waals surface area contributed by atoms with Crippen molar-refractivity contribution < 1.29 is 18.9 Å². The second kappa shape index (κ2) is 12.1. The zero-order valence-corrected chi connectivity index (χ0v) is 12.4. The van der Waals surface area contributed by atoms with Gasteiger partial charge >= 0.3 is 0 Å². The molecule has 1 aliphatic rings. The molecule has 0 radical (unpaired) electrons. The Morgan fingerprint density at radius 1 is 1.05 bits per heavy atom. The summed E-state index contributed by atoms with van der Waals surface area (Å²) in [5.41, 5.74) is 0. The lowest BCUT2D eigenvalue weighted by molar-refractivity contribution is -0.207. The third-order valence-electron chi connectivity index (χ3n) is 3.02. The highest BCUT2D eigenvalue weighted by Gasteiger charge is 2.20. The largest absolute Gasteiger partial charge is 0.378 e. The van der Waals surface area contributed by atoms with Crippen molar-refractivity contribution in [3.05, 3.63) is 25.3 Å². The summed E-state index contributed by atoms with van der Waals surface area (Å²) in [4.78, 5) is 0. The van der Waals surface area contributed by atoms with Crippen LogP contribution >= 0.6 is 0 Å². The highest BCUT2D eigenvalue weighted by molar-refractivity contribution is 4.67. The zero-order chi connectivity index (χ0) is 14.5. The van der Waals surface area contributed by atoms with Crippen LogP contribution in [0.25, 0.3) is 0 Å². The summed E-state index contributed by atoms with van der Waals surface area (Å²) in [5, 5.41) is 0. The maximum atomic E-state index is 5.93. The van der Waals surface area contributed by atoms with Gasteiger partial charge in [0.05, 0.1) is 26.4 Å². The molecule has 20 heavy (non-hydrogen) atoms. The minimum atomic E-state index is -0.111. The van der Waals surface area contributed by atoms with E-state index in [4.69, 9.17) is 18.9 Å². The summed E-state index contributed by atoms with van der Waals surface area (Å²) in [6.45, 7) is 10.5. The monoisotopic (exact) mass is 284 g/mol. The van der Waals surface area contributed by atoms with E-state index in [9.17, 15) is 0 Å². The minimum Gasteiger partial charge on any atom is -0.378 e. The van der Waals surface area contributed by atoms with E-state index < -0.39 is 0 Å². The maximum Gasteiger partial charge on any atom is 0.158 e. The molecule has 0 aromatic rings.